The van der Waals surface area contributed by atoms with Crippen LogP contribution in [0.25, 0.3) is 0 Å². The summed E-state index contributed by atoms with van der Waals surface area (Å²) in [6, 6.07) is 10.1. The van der Waals surface area contributed by atoms with Gasteiger partial charge in [-0.2, -0.15) is 0 Å². The standard InChI is InChI=1S/C17H23N5OS/c1-13-12-22(8-9-23-13)14(15-5-4-10-24-15)11-20-17(18)21-16-6-2-3-7-19-16/h2-7,10,13-14H,8-9,11-12H2,1H3,(H3,18,19,20,21). The van der Waals surface area contributed by atoms with Gasteiger partial charge in [-0.05, 0) is 30.5 Å². The van der Waals surface area contributed by atoms with Crippen molar-refractivity contribution in [3.63, 3.8) is 0 Å². The van der Waals surface area contributed by atoms with Crippen molar-refractivity contribution in [1.82, 2.24) is 9.88 Å². The SMILES string of the molecule is CC1CN(C(CN=C(N)Nc2ccccn2)c2cccs2)CCO1. The summed E-state index contributed by atoms with van der Waals surface area (Å²) in [5.41, 5.74) is 6.02. The lowest BCUT2D eigenvalue weighted by Gasteiger charge is -2.36. The Morgan fingerprint density at radius 1 is 1.50 bits per heavy atom. The number of nitrogens with two attached hydrogens (primary N) is 1. The second-order valence-corrected chi connectivity index (χ2v) is 6.75. The van der Waals surface area contributed by atoms with Gasteiger partial charge < -0.3 is 15.8 Å². The number of anilines is 1. The van der Waals surface area contributed by atoms with Crippen molar-refractivity contribution >= 4 is 23.1 Å². The smallest absolute Gasteiger partial charge is 0.194 e. The maximum Gasteiger partial charge on any atom is 0.194 e. The van der Waals surface area contributed by atoms with E-state index in [1.807, 2.05) is 18.2 Å². The second-order valence-electron chi connectivity index (χ2n) is 5.77. The minimum Gasteiger partial charge on any atom is -0.376 e. The van der Waals surface area contributed by atoms with Crippen molar-refractivity contribution < 1.29 is 4.74 Å². The number of ether oxygens (including phenoxy) is 1. The number of hydrogen-bond donors (Lipinski definition) is 2. The minimum atomic E-state index is 0.223. The lowest BCUT2D eigenvalue weighted by atomic mass is 10.1. The lowest BCUT2D eigenvalue weighted by Crippen LogP contribution is -2.44. The van der Waals surface area contributed by atoms with Gasteiger partial charge in [0.15, 0.2) is 5.96 Å². The highest BCUT2D eigenvalue weighted by Gasteiger charge is 2.26. The number of guanidine groups is 1. The molecule has 1 fully saturated rings. The third kappa shape index (κ3) is 4.53. The van der Waals surface area contributed by atoms with Crippen LogP contribution in [0.4, 0.5) is 5.82 Å². The summed E-state index contributed by atoms with van der Waals surface area (Å²) >= 11 is 1.76. The van der Waals surface area contributed by atoms with Gasteiger partial charge in [0.1, 0.15) is 5.82 Å². The summed E-state index contributed by atoms with van der Waals surface area (Å²) in [4.78, 5) is 12.5. The summed E-state index contributed by atoms with van der Waals surface area (Å²) in [6.45, 7) is 5.30. The van der Waals surface area contributed by atoms with Crippen LogP contribution in [-0.4, -0.2) is 48.2 Å². The fourth-order valence-corrected chi connectivity index (χ4v) is 3.64. The number of thiophene rings is 1. The Morgan fingerprint density at radius 2 is 2.42 bits per heavy atom. The quantitative estimate of drug-likeness (QED) is 0.642. The Balaban J connectivity index is 1.68. The van der Waals surface area contributed by atoms with Gasteiger partial charge in [-0.3, -0.25) is 9.89 Å². The highest BCUT2D eigenvalue weighted by atomic mass is 32.1. The molecule has 3 heterocycles. The molecule has 2 aromatic heterocycles. The molecule has 0 radical (unpaired) electrons. The highest BCUT2D eigenvalue weighted by molar-refractivity contribution is 7.10. The van der Waals surface area contributed by atoms with E-state index in [0.717, 1.165) is 19.7 Å². The number of pyridine rings is 1. The molecule has 3 N–H and O–H groups in total. The van der Waals surface area contributed by atoms with Gasteiger partial charge in [0.25, 0.3) is 0 Å². The zero-order valence-corrected chi connectivity index (χ0v) is 14.6. The van der Waals surface area contributed by atoms with Gasteiger partial charge in [0.2, 0.25) is 0 Å². The maximum absolute atomic E-state index is 6.02. The number of aromatic nitrogens is 1. The molecule has 6 nitrogen and oxygen atoms in total. The molecule has 1 aliphatic heterocycles. The summed E-state index contributed by atoms with van der Waals surface area (Å²) < 4.78 is 5.66. The second kappa shape index (κ2) is 8.23. The molecule has 24 heavy (non-hydrogen) atoms. The molecule has 128 valence electrons. The molecule has 0 bridgehead atoms. The van der Waals surface area contributed by atoms with Crippen LogP contribution < -0.4 is 11.1 Å². The first kappa shape index (κ1) is 16.9. The van der Waals surface area contributed by atoms with Crippen LogP contribution in [0.5, 0.6) is 0 Å². The van der Waals surface area contributed by atoms with Gasteiger partial charge in [-0.1, -0.05) is 12.1 Å². The topological polar surface area (TPSA) is 75.8 Å². The van der Waals surface area contributed by atoms with E-state index in [9.17, 15) is 0 Å². The number of nitrogens with one attached hydrogen (secondary N) is 1. The number of aliphatic imine (C=N–C) groups is 1. The number of hydrogen-bond acceptors (Lipinski definition) is 5. The first-order valence-corrected chi connectivity index (χ1v) is 8.97. The number of morpholine rings is 1. The highest BCUT2D eigenvalue weighted by Crippen LogP contribution is 2.27. The third-order valence-electron chi connectivity index (χ3n) is 3.94. The average Bonchev–Trinajstić information content (AvgIpc) is 3.10. The van der Waals surface area contributed by atoms with Crippen molar-refractivity contribution in [2.45, 2.75) is 19.1 Å². The Labute approximate surface area is 146 Å². The molecule has 2 unspecified atom stereocenters. The Morgan fingerprint density at radius 3 is 3.12 bits per heavy atom. The number of nitrogens with zero attached hydrogens (tertiary/aromatic N) is 3. The molecule has 0 amide bonds. The van der Waals surface area contributed by atoms with E-state index >= 15 is 0 Å². The van der Waals surface area contributed by atoms with Crippen molar-refractivity contribution in [1.29, 1.82) is 0 Å². The van der Waals surface area contributed by atoms with Crippen LogP contribution >= 0.6 is 11.3 Å². The van der Waals surface area contributed by atoms with E-state index in [4.69, 9.17) is 10.5 Å². The first-order valence-electron chi connectivity index (χ1n) is 8.09. The molecule has 0 spiro atoms. The van der Waals surface area contributed by atoms with E-state index in [0.29, 0.717) is 18.3 Å². The van der Waals surface area contributed by atoms with Crippen LogP contribution in [0, 0.1) is 0 Å². The maximum atomic E-state index is 6.02. The van der Waals surface area contributed by atoms with Crippen LogP contribution in [0.1, 0.15) is 17.8 Å². The van der Waals surface area contributed by atoms with Crippen LogP contribution in [0.2, 0.25) is 0 Å². The zero-order chi connectivity index (χ0) is 16.8. The molecule has 1 aliphatic rings. The van der Waals surface area contributed by atoms with Crippen molar-refractivity contribution in [2.24, 2.45) is 10.7 Å². The number of rotatable bonds is 5. The molecule has 0 saturated carbocycles. The van der Waals surface area contributed by atoms with Gasteiger partial charge in [0.05, 0.1) is 25.3 Å². The molecule has 0 aliphatic carbocycles. The van der Waals surface area contributed by atoms with Crippen molar-refractivity contribution in [3.8, 4) is 0 Å². The fraction of sp³-hybridized carbons (Fsp3) is 0.412. The summed E-state index contributed by atoms with van der Waals surface area (Å²) in [7, 11) is 0. The zero-order valence-electron chi connectivity index (χ0n) is 13.8. The summed E-state index contributed by atoms with van der Waals surface area (Å²) in [6.07, 6.45) is 1.97. The Bertz CT molecular complexity index is 646. The molecule has 1 saturated heterocycles. The average molecular weight is 345 g/mol. The van der Waals surface area contributed by atoms with E-state index in [1.165, 1.54) is 4.88 Å². The Kier molecular flexibility index (Phi) is 5.79. The molecule has 2 aromatic rings. The predicted molar refractivity (Wildman–Crippen MR) is 98.4 cm³/mol. The van der Waals surface area contributed by atoms with E-state index < -0.39 is 0 Å². The van der Waals surface area contributed by atoms with E-state index in [2.05, 4.69) is 44.6 Å². The van der Waals surface area contributed by atoms with Crippen molar-refractivity contribution in [3.05, 3.63) is 46.8 Å². The van der Waals surface area contributed by atoms with Crippen LogP contribution in [0.15, 0.2) is 46.9 Å². The predicted octanol–water partition coefficient (Wildman–Crippen LogP) is 2.33. The molecule has 0 aromatic carbocycles. The fourth-order valence-electron chi connectivity index (χ4n) is 2.79. The van der Waals surface area contributed by atoms with Gasteiger partial charge >= 0.3 is 0 Å². The molecule has 2 atom stereocenters. The van der Waals surface area contributed by atoms with Crippen molar-refractivity contribution in [2.75, 3.05) is 31.6 Å². The molecule has 3 rings (SSSR count). The first-order chi connectivity index (χ1) is 11.7. The third-order valence-corrected chi connectivity index (χ3v) is 4.91. The minimum absolute atomic E-state index is 0.223. The Hall–Kier alpha value is -1.96. The van der Waals surface area contributed by atoms with Gasteiger partial charge in [-0.25, -0.2) is 4.98 Å². The largest absolute Gasteiger partial charge is 0.376 e. The van der Waals surface area contributed by atoms with Gasteiger partial charge in [0, 0.05) is 24.2 Å². The lowest BCUT2D eigenvalue weighted by molar-refractivity contribution is -0.0327. The van der Waals surface area contributed by atoms with E-state index in [-0.39, 0.29) is 12.1 Å². The molecule has 7 heteroatoms. The molecular formula is C17H23N5OS. The van der Waals surface area contributed by atoms with Gasteiger partial charge in [-0.15, -0.1) is 11.3 Å². The summed E-state index contributed by atoms with van der Waals surface area (Å²) in [5.74, 6) is 1.09. The monoisotopic (exact) mass is 345 g/mol. The van der Waals surface area contributed by atoms with Crippen LogP contribution in [-0.2, 0) is 4.74 Å². The van der Waals surface area contributed by atoms with E-state index in [1.54, 1.807) is 17.5 Å². The van der Waals surface area contributed by atoms with Crippen LogP contribution in [0.3, 0.4) is 0 Å². The summed E-state index contributed by atoms with van der Waals surface area (Å²) in [5, 5.41) is 5.13. The normalized spacial score (nSPS) is 20.7. The molecular weight excluding hydrogens is 322 g/mol.